The molecule has 100 valence electrons. The first-order valence-corrected chi connectivity index (χ1v) is 5.93. The molecular weight excluding hydrogens is 222 g/mol. The fourth-order valence-electron chi connectivity index (χ4n) is 1.47. The van der Waals surface area contributed by atoms with Crippen LogP contribution in [0.3, 0.4) is 0 Å². The maximum atomic E-state index is 11.4. The quantitative estimate of drug-likeness (QED) is 0.753. The van der Waals surface area contributed by atoms with Gasteiger partial charge in [0.05, 0.1) is 0 Å². The normalized spacial score (nSPS) is 12.9. The van der Waals surface area contributed by atoms with E-state index in [1.165, 1.54) is 0 Å². The predicted molar refractivity (Wildman–Crippen MR) is 64.9 cm³/mol. The van der Waals surface area contributed by atoms with Crippen LogP contribution in [0.5, 0.6) is 0 Å². The number of rotatable bonds is 6. The summed E-state index contributed by atoms with van der Waals surface area (Å²) in [6.45, 7) is 7.69. The molecule has 5 heteroatoms. The highest BCUT2D eigenvalue weighted by molar-refractivity contribution is 5.68. The number of carboxylic acids is 1. The van der Waals surface area contributed by atoms with Gasteiger partial charge in [-0.15, -0.1) is 0 Å². The number of amides is 1. The van der Waals surface area contributed by atoms with E-state index >= 15 is 0 Å². The highest BCUT2D eigenvalue weighted by atomic mass is 16.6. The molecule has 0 aliphatic rings. The number of aliphatic carboxylic acids is 1. The Morgan fingerprint density at radius 1 is 1.35 bits per heavy atom. The zero-order valence-electron chi connectivity index (χ0n) is 11.1. The number of ether oxygens (including phenoxy) is 1. The van der Waals surface area contributed by atoms with Crippen LogP contribution in [0.15, 0.2) is 0 Å². The zero-order chi connectivity index (χ0) is 13.5. The number of carbonyl (C=O) groups excluding carboxylic acids is 1. The third-order valence-corrected chi connectivity index (χ3v) is 2.09. The van der Waals surface area contributed by atoms with Gasteiger partial charge < -0.3 is 15.2 Å². The second kappa shape index (κ2) is 7.14. The van der Waals surface area contributed by atoms with E-state index < -0.39 is 17.7 Å². The Morgan fingerprint density at radius 2 is 1.94 bits per heavy atom. The first-order chi connectivity index (χ1) is 7.74. The Kier molecular flexibility index (Phi) is 6.61. The van der Waals surface area contributed by atoms with Crippen molar-refractivity contribution in [1.29, 1.82) is 0 Å². The third-order valence-electron chi connectivity index (χ3n) is 2.09. The highest BCUT2D eigenvalue weighted by Crippen LogP contribution is 2.11. The fraction of sp³-hybridized carbons (Fsp3) is 0.833. The number of nitrogens with one attached hydrogen (secondary N) is 1. The molecule has 0 bridgehead atoms. The molecule has 2 N–H and O–H groups in total. The lowest BCUT2D eigenvalue weighted by atomic mass is 10.00. The Balaban J connectivity index is 4.03. The van der Waals surface area contributed by atoms with E-state index in [0.29, 0.717) is 6.54 Å². The molecule has 0 aliphatic carbocycles. The Morgan fingerprint density at radius 3 is 2.35 bits per heavy atom. The molecule has 0 rings (SSSR count). The van der Waals surface area contributed by atoms with Crippen molar-refractivity contribution in [2.45, 2.75) is 52.6 Å². The molecule has 0 heterocycles. The lowest BCUT2D eigenvalue weighted by Gasteiger charge is -2.21. The summed E-state index contributed by atoms with van der Waals surface area (Å²) in [7, 11) is 0. The summed E-state index contributed by atoms with van der Waals surface area (Å²) in [5, 5.41) is 11.3. The van der Waals surface area contributed by atoms with Gasteiger partial charge in [0.2, 0.25) is 0 Å². The molecule has 0 aliphatic heterocycles. The summed E-state index contributed by atoms with van der Waals surface area (Å²) in [6.07, 6.45) is 1.25. The van der Waals surface area contributed by atoms with E-state index in [-0.39, 0.29) is 12.3 Å². The third kappa shape index (κ3) is 9.66. The number of carbonyl (C=O) groups is 2. The van der Waals surface area contributed by atoms with Gasteiger partial charge in [0.25, 0.3) is 0 Å². The van der Waals surface area contributed by atoms with E-state index in [9.17, 15) is 9.59 Å². The summed E-state index contributed by atoms with van der Waals surface area (Å²) in [4.78, 5) is 22.0. The molecule has 1 atom stereocenters. The average Bonchev–Trinajstić information content (AvgIpc) is 2.11. The summed E-state index contributed by atoms with van der Waals surface area (Å²) >= 11 is 0. The fourth-order valence-corrected chi connectivity index (χ4v) is 1.47. The second-order valence-electron chi connectivity index (χ2n) is 5.14. The maximum Gasteiger partial charge on any atom is 0.407 e. The number of hydrogen-bond donors (Lipinski definition) is 2. The molecule has 0 fully saturated rings. The van der Waals surface area contributed by atoms with Crippen LogP contribution in [0.4, 0.5) is 4.79 Å². The Hall–Kier alpha value is -1.26. The van der Waals surface area contributed by atoms with Crippen molar-refractivity contribution in [3.05, 3.63) is 0 Å². The molecule has 0 aromatic rings. The van der Waals surface area contributed by atoms with Crippen molar-refractivity contribution in [1.82, 2.24) is 5.32 Å². The minimum absolute atomic E-state index is 0.0370. The van der Waals surface area contributed by atoms with Crippen molar-refractivity contribution < 1.29 is 19.4 Å². The van der Waals surface area contributed by atoms with E-state index in [1.54, 1.807) is 20.8 Å². The highest BCUT2D eigenvalue weighted by Gasteiger charge is 2.18. The topological polar surface area (TPSA) is 75.6 Å². The molecule has 17 heavy (non-hydrogen) atoms. The van der Waals surface area contributed by atoms with E-state index in [1.807, 2.05) is 6.92 Å². The van der Waals surface area contributed by atoms with Gasteiger partial charge in [-0.3, -0.25) is 4.79 Å². The molecule has 0 aromatic heterocycles. The molecule has 0 spiro atoms. The van der Waals surface area contributed by atoms with Gasteiger partial charge in [0, 0.05) is 13.0 Å². The van der Waals surface area contributed by atoms with Crippen LogP contribution in [-0.2, 0) is 9.53 Å². The van der Waals surface area contributed by atoms with Crippen LogP contribution in [0.25, 0.3) is 0 Å². The van der Waals surface area contributed by atoms with Gasteiger partial charge in [-0.05, 0) is 33.1 Å². The smallest absolute Gasteiger partial charge is 0.407 e. The van der Waals surface area contributed by atoms with Crippen molar-refractivity contribution in [3.8, 4) is 0 Å². The van der Waals surface area contributed by atoms with Crippen LogP contribution >= 0.6 is 0 Å². The van der Waals surface area contributed by atoms with E-state index in [0.717, 1.165) is 12.8 Å². The van der Waals surface area contributed by atoms with Gasteiger partial charge in [0.15, 0.2) is 0 Å². The van der Waals surface area contributed by atoms with Crippen molar-refractivity contribution >= 4 is 12.1 Å². The Bertz CT molecular complexity index is 258. The number of alkyl carbamates (subject to hydrolysis) is 1. The summed E-state index contributed by atoms with van der Waals surface area (Å²) in [5.41, 5.74) is -0.531. The van der Waals surface area contributed by atoms with Gasteiger partial charge in [-0.1, -0.05) is 13.3 Å². The largest absolute Gasteiger partial charge is 0.481 e. The Labute approximate surface area is 103 Å². The van der Waals surface area contributed by atoms with Crippen molar-refractivity contribution in [2.75, 3.05) is 6.54 Å². The summed E-state index contributed by atoms with van der Waals surface area (Å²) < 4.78 is 5.07. The predicted octanol–water partition coefficient (Wildman–Crippen LogP) is 2.40. The van der Waals surface area contributed by atoms with Gasteiger partial charge in [-0.2, -0.15) is 0 Å². The molecule has 1 amide bonds. The van der Waals surface area contributed by atoms with Crippen LogP contribution in [0.1, 0.15) is 47.0 Å². The van der Waals surface area contributed by atoms with Crippen LogP contribution in [0.2, 0.25) is 0 Å². The maximum absolute atomic E-state index is 11.4. The minimum atomic E-state index is -0.838. The SMILES string of the molecule is CCCC(CNC(=O)OC(C)(C)C)CC(=O)O. The minimum Gasteiger partial charge on any atom is -0.481 e. The zero-order valence-corrected chi connectivity index (χ0v) is 11.1. The second-order valence-corrected chi connectivity index (χ2v) is 5.14. The van der Waals surface area contributed by atoms with Gasteiger partial charge >= 0.3 is 12.1 Å². The van der Waals surface area contributed by atoms with E-state index in [2.05, 4.69) is 5.32 Å². The number of hydrogen-bond acceptors (Lipinski definition) is 3. The lowest BCUT2D eigenvalue weighted by molar-refractivity contribution is -0.138. The van der Waals surface area contributed by atoms with Crippen LogP contribution < -0.4 is 5.32 Å². The standard InChI is InChI=1S/C12H23NO4/c1-5-6-9(7-10(14)15)8-13-11(16)17-12(2,3)4/h9H,5-8H2,1-4H3,(H,13,16)(H,14,15). The molecule has 0 radical (unpaired) electrons. The van der Waals surface area contributed by atoms with Gasteiger partial charge in [0.1, 0.15) is 5.60 Å². The lowest BCUT2D eigenvalue weighted by Crippen LogP contribution is -2.35. The monoisotopic (exact) mass is 245 g/mol. The molecular formula is C12H23NO4. The average molecular weight is 245 g/mol. The van der Waals surface area contributed by atoms with E-state index in [4.69, 9.17) is 9.84 Å². The summed E-state index contributed by atoms with van der Waals surface area (Å²) in [6, 6.07) is 0. The first kappa shape index (κ1) is 15.7. The molecule has 0 aromatic carbocycles. The van der Waals surface area contributed by atoms with Gasteiger partial charge in [-0.25, -0.2) is 4.79 Å². The van der Waals surface area contributed by atoms with Crippen molar-refractivity contribution in [3.63, 3.8) is 0 Å². The molecule has 5 nitrogen and oxygen atoms in total. The molecule has 0 saturated heterocycles. The van der Waals surface area contributed by atoms with Crippen LogP contribution in [-0.4, -0.2) is 29.3 Å². The molecule has 0 saturated carbocycles. The van der Waals surface area contributed by atoms with Crippen LogP contribution in [0, 0.1) is 5.92 Å². The summed E-state index contributed by atoms with van der Waals surface area (Å²) in [5.74, 6) is -0.876. The first-order valence-electron chi connectivity index (χ1n) is 5.93. The van der Waals surface area contributed by atoms with Crippen molar-refractivity contribution in [2.24, 2.45) is 5.92 Å². The number of carboxylic acid groups (broad SMARTS) is 1. The molecule has 1 unspecified atom stereocenters.